The monoisotopic (exact) mass is 327 g/mol. The molecule has 0 aliphatic carbocycles. The SMILES string of the molecule is CC1(C)CC(NCCOc2ccc(Br)cc2)CCO1. The third kappa shape index (κ3) is 5.13. The summed E-state index contributed by atoms with van der Waals surface area (Å²) in [7, 11) is 0. The highest BCUT2D eigenvalue weighted by Gasteiger charge is 2.28. The van der Waals surface area contributed by atoms with E-state index in [2.05, 4.69) is 35.1 Å². The van der Waals surface area contributed by atoms with Crippen molar-refractivity contribution in [2.24, 2.45) is 0 Å². The van der Waals surface area contributed by atoms with Gasteiger partial charge >= 0.3 is 0 Å². The highest BCUT2D eigenvalue weighted by Crippen LogP contribution is 2.23. The van der Waals surface area contributed by atoms with Crippen LogP contribution in [0, 0.1) is 0 Å². The van der Waals surface area contributed by atoms with Gasteiger partial charge in [-0.25, -0.2) is 0 Å². The summed E-state index contributed by atoms with van der Waals surface area (Å²) in [5, 5.41) is 3.54. The second kappa shape index (κ2) is 6.73. The zero-order chi connectivity index (χ0) is 13.7. The molecule has 19 heavy (non-hydrogen) atoms. The Balaban J connectivity index is 1.65. The summed E-state index contributed by atoms with van der Waals surface area (Å²) in [5.74, 6) is 0.914. The maximum absolute atomic E-state index is 5.71. The standard InChI is InChI=1S/C15H22BrNO2/c1-15(2)11-13(7-9-19-15)17-8-10-18-14-5-3-12(16)4-6-14/h3-6,13,17H,7-11H2,1-2H3. The van der Waals surface area contributed by atoms with Gasteiger partial charge in [0.15, 0.2) is 0 Å². The maximum atomic E-state index is 5.71. The molecule has 1 fully saturated rings. The van der Waals surface area contributed by atoms with Crippen LogP contribution in [-0.2, 0) is 4.74 Å². The number of benzene rings is 1. The van der Waals surface area contributed by atoms with Gasteiger partial charge in [-0.1, -0.05) is 15.9 Å². The maximum Gasteiger partial charge on any atom is 0.119 e. The molecule has 1 aliphatic heterocycles. The van der Waals surface area contributed by atoms with Crippen LogP contribution in [0.1, 0.15) is 26.7 Å². The number of halogens is 1. The largest absolute Gasteiger partial charge is 0.492 e. The molecule has 3 nitrogen and oxygen atoms in total. The lowest BCUT2D eigenvalue weighted by Gasteiger charge is -2.35. The molecule has 106 valence electrons. The summed E-state index contributed by atoms with van der Waals surface area (Å²) in [4.78, 5) is 0. The Morgan fingerprint density at radius 2 is 2.11 bits per heavy atom. The van der Waals surface area contributed by atoms with E-state index in [1.54, 1.807) is 0 Å². The fourth-order valence-corrected chi connectivity index (χ4v) is 2.63. The van der Waals surface area contributed by atoms with Crippen molar-refractivity contribution in [2.75, 3.05) is 19.8 Å². The summed E-state index contributed by atoms with van der Waals surface area (Å²) >= 11 is 3.41. The van der Waals surface area contributed by atoms with Crippen LogP contribution in [0.15, 0.2) is 28.7 Å². The normalized spacial score (nSPS) is 22.2. The van der Waals surface area contributed by atoms with Crippen LogP contribution in [0.5, 0.6) is 5.75 Å². The molecule has 0 saturated carbocycles. The zero-order valence-electron chi connectivity index (χ0n) is 11.6. The van der Waals surface area contributed by atoms with Crippen molar-refractivity contribution in [2.45, 2.75) is 38.3 Å². The van der Waals surface area contributed by atoms with E-state index >= 15 is 0 Å². The molecule has 1 N–H and O–H groups in total. The minimum Gasteiger partial charge on any atom is -0.492 e. The van der Waals surface area contributed by atoms with E-state index < -0.39 is 0 Å². The van der Waals surface area contributed by atoms with E-state index in [4.69, 9.17) is 9.47 Å². The zero-order valence-corrected chi connectivity index (χ0v) is 13.2. The van der Waals surface area contributed by atoms with Crippen LogP contribution in [0.4, 0.5) is 0 Å². The molecular weight excluding hydrogens is 306 g/mol. The first-order valence-corrected chi connectivity index (χ1v) is 7.60. The summed E-state index contributed by atoms with van der Waals surface area (Å²) < 4.78 is 12.5. The highest BCUT2D eigenvalue weighted by molar-refractivity contribution is 9.10. The molecular formula is C15H22BrNO2. The molecule has 2 rings (SSSR count). The van der Waals surface area contributed by atoms with Crippen molar-refractivity contribution < 1.29 is 9.47 Å². The van der Waals surface area contributed by atoms with Gasteiger partial charge < -0.3 is 14.8 Å². The minimum absolute atomic E-state index is 0.00246. The number of ether oxygens (including phenoxy) is 2. The Hall–Kier alpha value is -0.580. The fraction of sp³-hybridized carbons (Fsp3) is 0.600. The first-order valence-electron chi connectivity index (χ1n) is 6.81. The molecule has 0 radical (unpaired) electrons. The van der Waals surface area contributed by atoms with Crippen molar-refractivity contribution in [1.82, 2.24) is 5.32 Å². The Kier molecular flexibility index (Phi) is 5.25. The Labute approximate surface area is 123 Å². The molecule has 1 aromatic carbocycles. The van der Waals surface area contributed by atoms with Crippen LogP contribution in [0.2, 0.25) is 0 Å². The smallest absolute Gasteiger partial charge is 0.119 e. The Morgan fingerprint density at radius 1 is 1.37 bits per heavy atom. The third-order valence-electron chi connectivity index (χ3n) is 3.31. The van der Waals surface area contributed by atoms with Gasteiger partial charge in [-0.15, -0.1) is 0 Å². The van der Waals surface area contributed by atoms with Crippen LogP contribution in [0.3, 0.4) is 0 Å². The van der Waals surface area contributed by atoms with Crippen LogP contribution in [0.25, 0.3) is 0 Å². The van der Waals surface area contributed by atoms with Gasteiger partial charge in [-0.05, 0) is 51.0 Å². The summed E-state index contributed by atoms with van der Waals surface area (Å²) in [6, 6.07) is 8.47. The van der Waals surface area contributed by atoms with Gasteiger partial charge in [-0.2, -0.15) is 0 Å². The predicted octanol–water partition coefficient (Wildman–Crippen LogP) is 3.38. The van der Waals surface area contributed by atoms with E-state index in [9.17, 15) is 0 Å². The van der Waals surface area contributed by atoms with Crippen LogP contribution >= 0.6 is 15.9 Å². The average molecular weight is 328 g/mol. The second-order valence-electron chi connectivity index (χ2n) is 5.55. The van der Waals surface area contributed by atoms with Crippen molar-refractivity contribution in [3.63, 3.8) is 0 Å². The highest BCUT2D eigenvalue weighted by atomic mass is 79.9. The van der Waals surface area contributed by atoms with Gasteiger partial charge in [-0.3, -0.25) is 0 Å². The lowest BCUT2D eigenvalue weighted by Crippen LogP contribution is -2.44. The number of nitrogens with one attached hydrogen (secondary N) is 1. The molecule has 1 aliphatic rings. The Bertz CT molecular complexity index is 392. The lowest BCUT2D eigenvalue weighted by atomic mass is 9.94. The van der Waals surface area contributed by atoms with Crippen molar-refractivity contribution >= 4 is 15.9 Å². The molecule has 0 spiro atoms. The molecule has 0 amide bonds. The van der Waals surface area contributed by atoms with Gasteiger partial charge in [0, 0.05) is 23.7 Å². The molecule has 0 bridgehead atoms. The van der Waals surface area contributed by atoms with Gasteiger partial charge in [0.25, 0.3) is 0 Å². The van der Waals surface area contributed by atoms with E-state index in [-0.39, 0.29) is 5.60 Å². The van der Waals surface area contributed by atoms with Crippen molar-refractivity contribution in [1.29, 1.82) is 0 Å². The quantitative estimate of drug-likeness (QED) is 0.841. The van der Waals surface area contributed by atoms with Gasteiger partial charge in [0.2, 0.25) is 0 Å². The average Bonchev–Trinajstić information content (AvgIpc) is 2.36. The molecule has 1 atom stereocenters. The minimum atomic E-state index is 0.00246. The lowest BCUT2D eigenvalue weighted by molar-refractivity contribution is -0.0630. The first-order chi connectivity index (χ1) is 9.05. The van der Waals surface area contributed by atoms with E-state index in [1.165, 1.54) is 0 Å². The van der Waals surface area contributed by atoms with Crippen molar-refractivity contribution in [3.8, 4) is 5.75 Å². The summed E-state index contributed by atoms with van der Waals surface area (Å²) in [5.41, 5.74) is 0.00246. The summed E-state index contributed by atoms with van der Waals surface area (Å²) in [6.45, 7) is 6.72. The number of rotatable bonds is 5. The summed E-state index contributed by atoms with van der Waals surface area (Å²) in [6.07, 6.45) is 2.15. The van der Waals surface area contributed by atoms with E-state index in [0.29, 0.717) is 12.6 Å². The van der Waals surface area contributed by atoms with Gasteiger partial charge in [0.05, 0.1) is 5.60 Å². The second-order valence-corrected chi connectivity index (χ2v) is 6.47. The number of hydrogen-bond donors (Lipinski definition) is 1. The first kappa shape index (κ1) is 14.8. The third-order valence-corrected chi connectivity index (χ3v) is 3.84. The Morgan fingerprint density at radius 3 is 2.79 bits per heavy atom. The number of hydrogen-bond acceptors (Lipinski definition) is 3. The predicted molar refractivity (Wildman–Crippen MR) is 80.7 cm³/mol. The van der Waals surface area contributed by atoms with Crippen molar-refractivity contribution in [3.05, 3.63) is 28.7 Å². The molecule has 4 heteroatoms. The molecule has 0 aromatic heterocycles. The van der Waals surface area contributed by atoms with Crippen LogP contribution < -0.4 is 10.1 Å². The molecule has 1 unspecified atom stereocenters. The fourth-order valence-electron chi connectivity index (χ4n) is 2.37. The molecule has 1 heterocycles. The molecule has 1 aromatic rings. The van der Waals surface area contributed by atoms with E-state index in [1.807, 2.05) is 24.3 Å². The van der Waals surface area contributed by atoms with Crippen LogP contribution in [-0.4, -0.2) is 31.4 Å². The molecule has 1 saturated heterocycles. The topological polar surface area (TPSA) is 30.5 Å². The van der Waals surface area contributed by atoms with Gasteiger partial charge in [0.1, 0.15) is 12.4 Å². The van der Waals surface area contributed by atoms with E-state index in [0.717, 1.165) is 36.2 Å².